The molecular weight excluding hydrogens is 402 g/mol. The normalized spacial score (nSPS) is 21.3. The van der Waals surface area contributed by atoms with Gasteiger partial charge in [0.15, 0.2) is 0 Å². The quantitative estimate of drug-likeness (QED) is 0.607. The Labute approximate surface area is 189 Å². The van der Waals surface area contributed by atoms with Crippen LogP contribution in [0.25, 0.3) is 0 Å². The molecule has 2 aromatic carbocycles. The highest BCUT2D eigenvalue weighted by Crippen LogP contribution is 2.44. The number of aliphatic hydroxyl groups excluding tert-OH is 1. The molecule has 1 saturated carbocycles. The van der Waals surface area contributed by atoms with Gasteiger partial charge in [0.05, 0.1) is 17.7 Å². The zero-order valence-electron chi connectivity index (χ0n) is 18.3. The first-order chi connectivity index (χ1) is 15.5. The molecule has 32 heavy (non-hydrogen) atoms. The standard InChI is InChI=1S/C27H31NO4/c29-24(27(17-4-5-18-27)22-6-2-1-3-7-22)14-12-23-13-15-25(30)28(23)19-16-20-8-10-21(11-9-20)26(31)32/h1-3,6-12,14,23-24,29H,4-5,13,15-19H2,(H,31,32)/t23-,24+/m0/s1. The summed E-state index contributed by atoms with van der Waals surface area (Å²) in [5.74, 6) is -0.805. The fourth-order valence-corrected chi connectivity index (χ4v) is 5.26. The van der Waals surface area contributed by atoms with E-state index >= 15 is 0 Å². The molecule has 168 valence electrons. The fraction of sp³-hybridized carbons (Fsp3) is 0.407. The Bertz CT molecular complexity index is 961. The van der Waals surface area contributed by atoms with E-state index in [1.807, 2.05) is 47.4 Å². The van der Waals surface area contributed by atoms with Gasteiger partial charge in [0.25, 0.3) is 0 Å². The smallest absolute Gasteiger partial charge is 0.335 e. The van der Waals surface area contributed by atoms with E-state index in [0.29, 0.717) is 19.4 Å². The predicted octanol–water partition coefficient (Wildman–Crippen LogP) is 4.35. The molecule has 2 atom stereocenters. The zero-order chi connectivity index (χ0) is 22.6. The molecule has 1 aliphatic carbocycles. The number of benzene rings is 2. The van der Waals surface area contributed by atoms with Gasteiger partial charge in [0.1, 0.15) is 0 Å². The van der Waals surface area contributed by atoms with Crippen molar-refractivity contribution in [3.8, 4) is 0 Å². The third kappa shape index (κ3) is 4.63. The highest BCUT2D eigenvalue weighted by atomic mass is 16.4. The zero-order valence-corrected chi connectivity index (χ0v) is 18.3. The van der Waals surface area contributed by atoms with Crippen molar-refractivity contribution in [1.82, 2.24) is 4.90 Å². The first kappa shape index (κ1) is 22.3. The molecule has 2 aliphatic rings. The fourth-order valence-electron chi connectivity index (χ4n) is 5.26. The summed E-state index contributed by atoms with van der Waals surface area (Å²) in [6, 6.07) is 17.1. The van der Waals surface area contributed by atoms with Gasteiger partial charge < -0.3 is 15.1 Å². The molecule has 4 rings (SSSR count). The van der Waals surface area contributed by atoms with Gasteiger partial charge in [-0.1, -0.05) is 67.5 Å². The third-order valence-corrected chi connectivity index (χ3v) is 7.14. The highest BCUT2D eigenvalue weighted by Gasteiger charge is 2.41. The summed E-state index contributed by atoms with van der Waals surface area (Å²) in [5, 5.41) is 20.2. The minimum Gasteiger partial charge on any atom is -0.478 e. The molecule has 2 aromatic rings. The molecule has 2 fully saturated rings. The van der Waals surface area contributed by atoms with E-state index in [-0.39, 0.29) is 22.9 Å². The van der Waals surface area contributed by atoms with E-state index in [1.165, 1.54) is 5.56 Å². The van der Waals surface area contributed by atoms with Crippen molar-refractivity contribution in [1.29, 1.82) is 0 Å². The average molecular weight is 434 g/mol. The molecule has 2 N–H and O–H groups in total. The number of hydrogen-bond donors (Lipinski definition) is 2. The van der Waals surface area contributed by atoms with Crippen molar-refractivity contribution in [2.24, 2.45) is 0 Å². The van der Waals surface area contributed by atoms with Crippen LogP contribution in [0.3, 0.4) is 0 Å². The second-order valence-electron chi connectivity index (χ2n) is 9.00. The maximum Gasteiger partial charge on any atom is 0.335 e. The summed E-state index contributed by atoms with van der Waals surface area (Å²) < 4.78 is 0. The van der Waals surface area contributed by atoms with Crippen LogP contribution < -0.4 is 0 Å². The van der Waals surface area contributed by atoms with Crippen molar-refractivity contribution in [2.45, 2.75) is 62.5 Å². The molecule has 1 saturated heterocycles. The maximum absolute atomic E-state index is 12.5. The van der Waals surface area contributed by atoms with Gasteiger partial charge in [-0.3, -0.25) is 4.79 Å². The van der Waals surface area contributed by atoms with E-state index in [4.69, 9.17) is 5.11 Å². The van der Waals surface area contributed by atoms with Gasteiger partial charge in [0.2, 0.25) is 5.91 Å². The molecule has 1 amide bonds. The Morgan fingerprint density at radius 3 is 2.44 bits per heavy atom. The lowest BCUT2D eigenvalue weighted by Gasteiger charge is -2.34. The lowest BCUT2D eigenvalue weighted by Crippen LogP contribution is -2.37. The van der Waals surface area contributed by atoms with Crippen molar-refractivity contribution in [2.75, 3.05) is 6.54 Å². The van der Waals surface area contributed by atoms with E-state index < -0.39 is 12.1 Å². The first-order valence-corrected chi connectivity index (χ1v) is 11.5. The molecule has 1 heterocycles. The van der Waals surface area contributed by atoms with Crippen LogP contribution in [0.4, 0.5) is 0 Å². The van der Waals surface area contributed by atoms with E-state index in [1.54, 1.807) is 12.1 Å². The Morgan fingerprint density at radius 1 is 1.09 bits per heavy atom. The Balaban J connectivity index is 1.43. The number of nitrogens with zero attached hydrogens (tertiary/aromatic N) is 1. The molecule has 0 unspecified atom stereocenters. The van der Waals surface area contributed by atoms with Crippen molar-refractivity contribution in [3.05, 3.63) is 83.4 Å². The lowest BCUT2D eigenvalue weighted by atomic mass is 9.74. The van der Waals surface area contributed by atoms with Gasteiger partial charge in [-0.2, -0.15) is 0 Å². The Kier molecular flexibility index (Phi) is 6.75. The number of likely N-dealkylation sites (tertiary alicyclic amines) is 1. The molecule has 0 radical (unpaired) electrons. The van der Waals surface area contributed by atoms with Crippen molar-refractivity contribution < 1.29 is 19.8 Å². The monoisotopic (exact) mass is 433 g/mol. The van der Waals surface area contributed by atoms with Crippen LogP contribution >= 0.6 is 0 Å². The van der Waals surface area contributed by atoms with Crippen molar-refractivity contribution in [3.63, 3.8) is 0 Å². The second kappa shape index (κ2) is 9.70. The van der Waals surface area contributed by atoms with Gasteiger partial charge in [-0.05, 0) is 48.9 Å². The lowest BCUT2D eigenvalue weighted by molar-refractivity contribution is -0.128. The molecule has 5 heteroatoms. The predicted molar refractivity (Wildman–Crippen MR) is 124 cm³/mol. The van der Waals surface area contributed by atoms with Crippen LogP contribution in [-0.2, 0) is 16.6 Å². The number of carboxylic acids is 1. The molecule has 0 spiro atoms. The number of carboxylic acid groups (broad SMARTS) is 1. The number of aromatic carboxylic acids is 1. The van der Waals surface area contributed by atoms with Crippen LogP contribution in [0, 0.1) is 0 Å². The Hall–Kier alpha value is -2.92. The highest BCUT2D eigenvalue weighted by molar-refractivity contribution is 5.87. The summed E-state index contributed by atoms with van der Waals surface area (Å²) in [6.45, 7) is 0.584. The molecular formula is C27H31NO4. The number of rotatable bonds is 8. The van der Waals surface area contributed by atoms with Crippen LogP contribution in [0.2, 0.25) is 0 Å². The SMILES string of the molecule is O=C(O)c1ccc(CCN2C(=O)CC[C@@H]2C=C[C@@H](O)C2(c3ccccc3)CCCC2)cc1. The number of aliphatic hydroxyl groups is 1. The molecule has 1 aliphatic heterocycles. The van der Waals surface area contributed by atoms with Gasteiger partial charge in [0, 0.05) is 18.4 Å². The van der Waals surface area contributed by atoms with Crippen molar-refractivity contribution >= 4 is 11.9 Å². The number of carbonyl (C=O) groups excluding carboxylic acids is 1. The first-order valence-electron chi connectivity index (χ1n) is 11.5. The Morgan fingerprint density at radius 2 is 1.78 bits per heavy atom. The summed E-state index contributed by atoms with van der Waals surface area (Å²) in [5.41, 5.74) is 2.22. The summed E-state index contributed by atoms with van der Waals surface area (Å²) >= 11 is 0. The molecule has 0 aromatic heterocycles. The summed E-state index contributed by atoms with van der Waals surface area (Å²) in [4.78, 5) is 25.4. The number of hydrogen-bond acceptors (Lipinski definition) is 3. The summed E-state index contributed by atoms with van der Waals surface area (Å²) in [7, 11) is 0. The largest absolute Gasteiger partial charge is 0.478 e. The van der Waals surface area contributed by atoms with Crippen LogP contribution in [-0.4, -0.2) is 45.7 Å². The van der Waals surface area contributed by atoms with E-state index in [0.717, 1.165) is 37.7 Å². The van der Waals surface area contributed by atoms with Crippen LogP contribution in [0.5, 0.6) is 0 Å². The number of amides is 1. The topological polar surface area (TPSA) is 77.8 Å². The third-order valence-electron chi connectivity index (χ3n) is 7.14. The summed E-state index contributed by atoms with van der Waals surface area (Å²) in [6.07, 6.45) is 9.50. The molecule has 0 bridgehead atoms. The minimum absolute atomic E-state index is 0.00957. The van der Waals surface area contributed by atoms with Gasteiger partial charge in [-0.25, -0.2) is 4.79 Å². The second-order valence-corrected chi connectivity index (χ2v) is 9.00. The maximum atomic E-state index is 12.5. The minimum atomic E-state index is -0.939. The number of carbonyl (C=O) groups is 2. The van der Waals surface area contributed by atoms with Crippen LogP contribution in [0.1, 0.15) is 60.0 Å². The van der Waals surface area contributed by atoms with E-state index in [9.17, 15) is 14.7 Å². The van der Waals surface area contributed by atoms with Gasteiger partial charge in [-0.15, -0.1) is 0 Å². The van der Waals surface area contributed by atoms with E-state index in [2.05, 4.69) is 12.1 Å². The van der Waals surface area contributed by atoms with Crippen LogP contribution in [0.15, 0.2) is 66.7 Å². The van der Waals surface area contributed by atoms with Gasteiger partial charge >= 0.3 is 5.97 Å². The average Bonchev–Trinajstić information content (AvgIpc) is 3.45. The molecule has 5 nitrogen and oxygen atoms in total.